The zero-order valence-electron chi connectivity index (χ0n) is 13.2. The topological polar surface area (TPSA) is 54.5 Å². The minimum Gasteiger partial charge on any atom is -0.496 e. The summed E-state index contributed by atoms with van der Waals surface area (Å²) >= 11 is 1.61. The molecule has 1 aromatic heterocycles. The lowest BCUT2D eigenvalue weighted by atomic mass is 10.0. The molecule has 1 aliphatic rings. The quantitative estimate of drug-likeness (QED) is 0.915. The van der Waals surface area contributed by atoms with Gasteiger partial charge in [0, 0.05) is 36.3 Å². The number of hydrogen-bond acceptors (Lipinski definition) is 5. The van der Waals surface area contributed by atoms with Crippen molar-refractivity contribution in [1.82, 2.24) is 9.88 Å². The molecule has 0 bridgehead atoms. The number of anilines is 1. The summed E-state index contributed by atoms with van der Waals surface area (Å²) in [7, 11) is 1.64. The van der Waals surface area contributed by atoms with E-state index in [9.17, 15) is 4.79 Å². The van der Waals surface area contributed by atoms with Crippen LogP contribution in [0.15, 0.2) is 35.8 Å². The van der Waals surface area contributed by atoms with Crippen LogP contribution in [0.2, 0.25) is 0 Å². The fourth-order valence-electron chi connectivity index (χ4n) is 2.87. The van der Waals surface area contributed by atoms with Gasteiger partial charge < -0.3 is 15.0 Å². The van der Waals surface area contributed by atoms with E-state index in [0.717, 1.165) is 42.4 Å². The highest BCUT2D eigenvalue weighted by molar-refractivity contribution is 7.13. The van der Waals surface area contributed by atoms with E-state index in [2.05, 4.69) is 10.3 Å². The fourth-order valence-corrected chi connectivity index (χ4v) is 3.47. The Morgan fingerprint density at radius 3 is 2.87 bits per heavy atom. The van der Waals surface area contributed by atoms with Crippen molar-refractivity contribution < 1.29 is 9.53 Å². The number of thiazole rings is 1. The van der Waals surface area contributed by atoms with Gasteiger partial charge in [-0.15, -0.1) is 11.3 Å². The Hall–Kier alpha value is -2.08. The Labute approximate surface area is 140 Å². The van der Waals surface area contributed by atoms with Gasteiger partial charge in [0.05, 0.1) is 13.5 Å². The first-order valence-electron chi connectivity index (χ1n) is 7.82. The average Bonchev–Trinajstić information content (AvgIpc) is 3.09. The molecule has 1 amide bonds. The molecule has 3 rings (SSSR count). The summed E-state index contributed by atoms with van der Waals surface area (Å²) in [6.45, 7) is 1.58. The SMILES string of the molecule is COc1ccccc1CC(=O)N1CCC(Nc2nccs2)CC1. The Morgan fingerprint density at radius 1 is 1.39 bits per heavy atom. The summed E-state index contributed by atoms with van der Waals surface area (Å²) in [4.78, 5) is 18.7. The number of rotatable bonds is 5. The summed E-state index contributed by atoms with van der Waals surface area (Å²) in [5.74, 6) is 0.948. The smallest absolute Gasteiger partial charge is 0.227 e. The van der Waals surface area contributed by atoms with Crippen molar-refractivity contribution >= 4 is 22.4 Å². The number of nitrogens with zero attached hydrogens (tertiary/aromatic N) is 2. The van der Waals surface area contributed by atoms with Crippen molar-refractivity contribution in [2.75, 3.05) is 25.5 Å². The largest absolute Gasteiger partial charge is 0.496 e. The number of nitrogens with one attached hydrogen (secondary N) is 1. The number of para-hydroxylation sites is 1. The molecule has 122 valence electrons. The second-order valence-corrected chi connectivity index (χ2v) is 6.52. The van der Waals surface area contributed by atoms with Gasteiger partial charge in [-0.1, -0.05) is 18.2 Å². The first-order chi connectivity index (χ1) is 11.3. The molecule has 23 heavy (non-hydrogen) atoms. The van der Waals surface area contributed by atoms with E-state index in [0.29, 0.717) is 12.5 Å². The molecule has 1 aromatic carbocycles. The summed E-state index contributed by atoms with van der Waals surface area (Å²) in [6.07, 6.45) is 4.11. The first-order valence-corrected chi connectivity index (χ1v) is 8.70. The van der Waals surface area contributed by atoms with E-state index in [1.54, 1.807) is 24.6 Å². The van der Waals surface area contributed by atoms with Crippen LogP contribution in [0.1, 0.15) is 18.4 Å². The second kappa shape index (κ2) is 7.46. The molecule has 0 spiro atoms. The lowest BCUT2D eigenvalue weighted by molar-refractivity contribution is -0.131. The lowest BCUT2D eigenvalue weighted by Gasteiger charge is -2.32. The van der Waals surface area contributed by atoms with Gasteiger partial charge in [-0.3, -0.25) is 4.79 Å². The Bertz CT molecular complexity index is 637. The van der Waals surface area contributed by atoms with Gasteiger partial charge in [0.25, 0.3) is 0 Å². The highest BCUT2D eigenvalue weighted by Crippen LogP contribution is 2.21. The monoisotopic (exact) mass is 331 g/mol. The molecule has 2 aromatic rings. The van der Waals surface area contributed by atoms with Crippen LogP contribution in [0, 0.1) is 0 Å². The van der Waals surface area contributed by atoms with Gasteiger partial charge >= 0.3 is 0 Å². The van der Waals surface area contributed by atoms with E-state index in [-0.39, 0.29) is 5.91 Å². The van der Waals surface area contributed by atoms with Crippen molar-refractivity contribution in [2.45, 2.75) is 25.3 Å². The number of carbonyl (C=O) groups is 1. The maximum atomic E-state index is 12.5. The summed E-state index contributed by atoms with van der Waals surface area (Å²) in [6, 6.07) is 8.11. The molecular weight excluding hydrogens is 310 g/mol. The summed E-state index contributed by atoms with van der Waals surface area (Å²) < 4.78 is 5.32. The summed E-state index contributed by atoms with van der Waals surface area (Å²) in [5, 5.41) is 6.37. The molecule has 0 unspecified atom stereocenters. The standard InChI is InChI=1S/C17H21N3O2S/c1-22-15-5-3-2-4-13(15)12-16(21)20-9-6-14(7-10-20)19-17-18-8-11-23-17/h2-5,8,11,14H,6-7,9-10,12H2,1H3,(H,18,19). The maximum Gasteiger partial charge on any atom is 0.227 e. The molecule has 0 aliphatic carbocycles. The van der Waals surface area contributed by atoms with Gasteiger partial charge in [0.1, 0.15) is 5.75 Å². The first kappa shape index (κ1) is 15.8. The number of hydrogen-bond donors (Lipinski definition) is 1. The van der Waals surface area contributed by atoms with Crippen LogP contribution in [0.25, 0.3) is 0 Å². The zero-order valence-corrected chi connectivity index (χ0v) is 14.0. The molecule has 5 nitrogen and oxygen atoms in total. The van der Waals surface area contributed by atoms with Crippen LogP contribution in [-0.2, 0) is 11.2 Å². The Morgan fingerprint density at radius 2 is 2.17 bits per heavy atom. The normalized spacial score (nSPS) is 15.4. The Balaban J connectivity index is 1.52. The third-order valence-electron chi connectivity index (χ3n) is 4.14. The number of carbonyl (C=O) groups excluding carboxylic acids is 1. The maximum absolute atomic E-state index is 12.5. The van der Waals surface area contributed by atoms with Gasteiger partial charge in [0.2, 0.25) is 5.91 Å². The zero-order chi connectivity index (χ0) is 16.1. The predicted octanol–water partition coefficient (Wildman–Crippen LogP) is 2.80. The van der Waals surface area contributed by atoms with Crippen molar-refractivity contribution in [3.63, 3.8) is 0 Å². The third-order valence-corrected chi connectivity index (χ3v) is 4.85. The molecule has 1 fully saturated rings. The molecular formula is C17H21N3O2S. The Kier molecular flexibility index (Phi) is 5.12. The van der Waals surface area contributed by atoms with Crippen LogP contribution in [0.3, 0.4) is 0 Å². The van der Waals surface area contributed by atoms with Crippen LogP contribution < -0.4 is 10.1 Å². The van der Waals surface area contributed by atoms with Crippen molar-refractivity contribution in [2.24, 2.45) is 0 Å². The fraction of sp³-hybridized carbons (Fsp3) is 0.412. The second-order valence-electron chi connectivity index (χ2n) is 5.63. The molecule has 0 radical (unpaired) electrons. The lowest BCUT2D eigenvalue weighted by Crippen LogP contribution is -2.43. The van der Waals surface area contributed by atoms with Crippen molar-refractivity contribution in [1.29, 1.82) is 0 Å². The number of aromatic nitrogens is 1. The minimum atomic E-state index is 0.169. The molecule has 2 heterocycles. The molecule has 1 N–H and O–H groups in total. The highest BCUT2D eigenvalue weighted by Gasteiger charge is 2.23. The average molecular weight is 331 g/mol. The number of likely N-dealkylation sites (tertiary alicyclic amines) is 1. The number of methoxy groups -OCH3 is 1. The van der Waals surface area contributed by atoms with E-state index < -0.39 is 0 Å². The predicted molar refractivity (Wildman–Crippen MR) is 92.0 cm³/mol. The van der Waals surface area contributed by atoms with Gasteiger partial charge in [0.15, 0.2) is 5.13 Å². The van der Waals surface area contributed by atoms with E-state index >= 15 is 0 Å². The van der Waals surface area contributed by atoms with E-state index in [4.69, 9.17) is 4.74 Å². The molecule has 1 aliphatic heterocycles. The summed E-state index contributed by atoms with van der Waals surface area (Å²) in [5.41, 5.74) is 0.947. The van der Waals surface area contributed by atoms with E-state index in [1.807, 2.05) is 34.5 Å². The number of benzene rings is 1. The van der Waals surface area contributed by atoms with Crippen LogP contribution in [-0.4, -0.2) is 42.0 Å². The molecule has 1 saturated heterocycles. The van der Waals surface area contributed by atoms with Gasteiger partial charge in [-0.2, -0.15) is 0 Å². The number of piperidine rings is 1. The number of amides is 1. The van der Waals surface area contributed by atoms with Gasteiger partial charge in [-0.05, 0) is 18.9 Å². The van der Waals surface area contributed by atoms with E-state index in [1.165, 1.54) is 0 Å². The molecule has 6 heteroatoms. The van der Waals surface area contributed by atoms with Crippen LogP contribution in [0.4, 0.5) is 5.13 Å². The highest BCUT2D eigenvalue weighted by atomic mass is 32.1. The minimum absolute atomic E-state index is 0.169. The van der Waals surface area contributed by atoms with Crippen molar-refractivity contribution in [3.05, 3.63) is 41.4 Å². The van der Waals surface area contributed by atoms with Crippen LogP contribution in [0.5, 0.6) is 5.75 Å². The van der Waals surface area contributed by atoms with Crippen molar-refractivity contribution in [3.8, 4) is 5.75 Å². The van der Waals surface area contributed by atoms with Gasteiger partial charge in [-0.25, -0.2) is 4.98 Å². The molecule has 0 saturated carbocycles. The van der Waals surface area contributed by atoms with Crippen LogP contribution >= 0.6 is 11.3 Å². The third kappa shape index (κ3) is 4.01. The number of ether oxygens (including phenoxy) is 1. The molecule has 0 atom stereocenters.